The maximum atomic E-state index is 11.6. The van der Waals surface area contributed by atoms with Crippen LogP contribution >= 0.6 is 0 Å². The fourth-order valence-electron chi connectivity index (χ4n) is 1.55. The molecule has 0 unspecified atom stereocenters. The summed E-state index contributed by atoms with van der Waals surface area (Å²) in [6, 6.07) is 9.64. The molecule has 0 aliphatic carbocycles. The van der Waals surface area contributed by atoms with E-state index in [0.717, 1.165) is 5.56 Å². The zero-order valence-electron chi connectivity index (χ0n) is 9.36. The SMILES string of the molecule is Cc1[nH]c(=O)[nH]c(=O)c1C=Cc1ccccc1. The Morgan fingerprint density at radius 3 is 2.35 bits per heavy atom. The lowest BCUT2D eigenvalue weighted by atomic mass is 10.1. The summed E-state index contributed by atoms with van der Waals surface area (Å²) < 4.78 is 0. The van der Waals surface area contributed by atoms with Crippen molar-refractivity contribution in [2.24, 2.45) is 0 Å². The van der Waals surface area contributed by atoms with Gasteiger partial charge in [-0.3, -0.25) is 9.78 Å². The van der Waals surface area contributed by atoms with Crippen molar-refractivity contribution in [2.75, 3.05) is 0 Å². The van der Waals surface area contributed by atoms with E-state index < -0.39 is 5.69 Å². The van der Waals surface area contributed by atoms with Crippen molar-refractivity contribution < 1.29 is 0 Å². The van der Waals surface area contributed by atoms with Crippen LogP contribution in [0.5, 0.6) is 0 Å². The maximum absolute atomic E-state index is 11.6. The van der Waals surface area contributed by atoms with Crippen LogP contribution in [0.3, 0.4) is 0 Å². The molecular weight excluding hydrogens is 216 g/mol. The Kier molecular flexibility index (Phi) is 3.05. The molecule has 17 heavy (non-hydrogen) atoms. The zero-order chi connectivity index (χ0) is 12.3. The highest BCUT2D eigenvalue weighted by Gasteiger charge is 2.01. The summed E-state index contributed by atoms with van der Waals surface area (Å²) in [5.74, 6) is 0. The van der Waals surface area contributed by atoms with Crippen molar-refractivity contribution in [1.29, 1.82) is 0 Å². The second-order valence-electron chi connectivity index (χ2n) is 3.69. The van der Waals surface area contributed by atoms with E-state index in [1.807, 2.05) is 36.4 Å². The van der Waals surface area contributed by atoms with Crippen LogP contribution in [0.1, 0.15) is 16.8 Å². The molecule has 2 rings (SSSR count). The highest BCUT2D eigenvalue weighted by molar-refractivity contribution is 5.69. The molecule has 4 heteroatoms. The molecule has 0 radical (unpaired) electrons. The van der Waals surface area contributed by atoms with E-state index >= 15 is 0 Å². The van der Waals surface area contributed by atoms with Crippen LogP contribution in [0, 0.1) is 6.92 Å². The van der Waals surface area contributed by atoms with Gasteiger partial charge in [0.1, 0.15) is 0 Å². The lowest BCUT2D eigenvalue weighted by molar-refractivity contribution is 0.986. The molecule has 1 aromatic carbocycles. The quantitative estimate of drug-likeness (QED) is 0.818. The fourth-order valence-corrected chi connectivity index (χ4v) is 1.55. The van der Waals surface area contributed by atoms with Gasteiger partial charge in [0.05, 0.1) is 5.56 Å². The molecule has 0 saturated heterocycles. The summed E-state index contributed by atoms with van der Waals surface area (Å²) in [5.41, 5.74) is 1.17. The van der Waals surface area contributed by atoms with Gasteiger partial charge in [-0.15, -0.1) is 0 Å². The Morgan fingerprint density at radius 2 is 1.71 bits per heavy atom. The van der Waals surface area contributed by atoms with Gasteiger partial charge in [-0.05, 0) is 18.6 Å². The van der Waals surface area contributed by atoms with Crippen LogP contribution < -0.4 is 11.2 Å². The molecule has 0 atom stereocenters. The largest absolute Gasteiger partial charge is 0.325 e. The molecule has 0 aliphatic heterocycles. The molecule has 2 N–H and O–H groups in total. The monoisotopic (exact) mass is 228 g/mol. The summed E-state index contributed by atoms with van der Waals surface area (Å²) in [5, 5.41) is 0. The average Bonchev–Trinajstić information content (AvgIpc) is 2.29. The average molecular weight is 228 g/mol. The van der Waals surface area contributed by atoms with Gasteiger partial charge in [0, 0.05) is 5.69 Å². The molecule has 1 heterocycles. The number of aryl methyl sites for hydroxylation is 1. The minimum atomic E-state index is -0.482. The first-order chi connectivity index (χ1) is 8.16. The van der Waals surface area contributed by atoms with E-state index in [2.05, 4.69) is 9.97 Å². The summed E-state index contributed by atoms with van der Waals surface area (Å²) in [7, 11) is 0. The van der Waals surface area contributed by atoms with E-state index in [1.165, 1.54) is 0 Å². The van der Waals surface area contributed by atoms with E-state index in [0.29, 0.717) is 11.3 Å². The number of hydrogen-bond donors (Lipinski definition) is 2. The van der Waals surface area contributed by atoms with Crippen molar-refractivity contribution in [3.8, 4) is 0 Å². The van der Waals surface area contributed by atoms with Crippen molar-refractivity contribution in [3.63, 3.8) is 0 Å². The van der Waals surface area contributed by atoms with Crippen LogP contribution in [0.4, 0.5) is 0 Å². The summed E-state index contributed by atoms with van der Waals surface area (Å²) in [4.78, 5) is 27.3. The van der Waals surface area contributed by atoms with Crippen LogP contribution in [0.25, 0.3) is 12.2 Å². The van der Waals surface area contributed by atoms with Gasteiger partial charge in [-0.25, -0.2) is 4.79 Å². The number of H-pyrrole nitrogens is 2. The number of hydrogen-bond acceptors (Lipinski definition) is 2. The minimum absolute atomic E-state index is 0.376. The predicted octanol–water partition coefficient (Wildman–Crippen LogP) is 1.54. The molecule has 0 saturated carbocycles. The highest BCUT2D eigenvalue weighted by Crippen LogP contribution is 2.05. The molecule has 2 aromatic rings. The highest BCUT2D eigenvalue weighted by atomic mass is 16.2. The van der Waals surface area contributed by atoms with Crippen molar-refractivity contribution >= 4 is 12.2 Å². The minimum Gasteiger partial charge on any atom is -0.311 e. The molecule has 86 valence electrons. The third-order valence-corrected chi connectivity index (χ3v) is 2.42. The van der Waals surface area contributed by atoms with Crippen molar-refractivity contribution in [3.05, 3.63) is 68.0 Å². The third kappa shape index (κ3) is 2.60. The Labute approximate surface area is 97.7 Å². The van der Waals surface area contributed by atoms with Crippen LogP contribution in [-0.2, 0) is 0 Å². The molecule has 1 aromatic heterocycles. The second-order valence-corrected chi connectivity index (χ2v) is 3.69. The Bertz CT molecular complexity index is 651. The Morgan fingerprint density at radius 1 is 1.00 bits per heavy atom. The van der Waals surface area contributed by atoms with Gasteiger partial charge >= 0.3 is 5.69 Å². The van der Waals surface area contributed by atoms with E-state index in [-0.39, 0.29) is 5.56 Å². The predicted molar refractivity (Wildman–Crippen MR) is 67.8 cm³/mol. The standard InChI is InChI=1S/C13H12N2O2/c1-9-11(12(16)15-13(17)14-9)8-7-10-5-3-2-4-6-10/h2-8H,1H3,(H2,14,15,16,17). The van der Waals surface area contributed by atoms with Gasteiger partial charge in [-0.2, -0.15) is 0 Å². The van der Waals surface area contributed by atoms with Crippen molar-refractivity contribution in [2.45, 2.75) is 6.92 Å². The first-order valence-electron chi connectivity index (χ1n) is 5.23. The molecule has 0 amide bonds. The summed E-state index contributed by atoms with van der Waals surface area (Å²) in [6.45, 7) is 1.70. The molecular formula is C13H12N2O2. The molecule has 0 aliphatic rings. The lowest BCUT2D eigenvalue weighted by Crippen LogP contribution is -2.25. The van der Waals surface area contributed by atoms with E-state index in [1.54, 1.807) is 13.0 Å². The van der Waals surface area contributed by atoms with E-state index in [4.69, 9.17) is 0 Å². The molecule has 0 bridgehead atoms. The van der Waals surface area contributed by atoms with Crippen molar-refractivity contribution in [1.82, 2.24) is 9.97 Å². The van der Waals surface area contributed by atoms with Gasteiger partial charge < -0.3 is 4.98 Å². The number of aromatic amines is 2. The van der Waals surface area contributed by atoms with E-state index in [9.17, 15) is 9.59 Å². The van der Waals surface area contributed by atoms with Crippen LogP contribution in [0.2, 0.25) is 0 Å². The number of rotatable bonds is 2. The Hall–Kier alpha value is -2.36. The molecule has 0 spiro atoms. The number of aromatic nitrogens is 2. The normalized spacial score (nSPS) is 10.9. The van der Waals surface area contributed by atoms with Gasteiger partial charge in [0.25, 0.3) is 5.56 Å². The van der Waals surface area contributed by atoms with Gasteiger partial charge in [-0.1, -0.05) is 36.4 Å². The van der Waals surface area contributed by atoms with Crippen LogP contribution in [-0.4, -0.2) is 9.97 Å². The molecule has 4 nitrogen and oxygen atoms in total. The topological polar surface area (TPSA) is 65.7 Å². The summed E-state index contributed by atoms with van der Waals surface area (Å²) in [6.07, 6.45) is 3.52. The summed E-state index contributed by atoms with van der Waals surface area (Å²) >= 11 is 0. The maximum Gasteiger partial charge on any atom is 0.325 e. The number of benzene rings is 1. The zero-order valence-corrected chi connectivity index (χ0v) is 9.36. The third-order valence-electron chi connectivity index (χ3n) is 2.42. The Balaban J connectivity index is 2.41. The van der Waals surface area contributed by atoms with Gasteiger partial charge in [0.2, 0.25) is 0 Å². The second kappa shape index (κ2) is 4.65. The first-order valence-corrected chi connectivity index (χ1v) is 5.23. The first kappa shape index (κ1) is 11.1. The van der Waals surface area contributed by atoms with Crippen LogP contribution in [0.15, 0.2) is 39.9 Å². The lowest BCUT2D eigenvalue weighted by Gasteiger charge is -1.97. The number of nitrogens with one attached hydrogen (secondary N) is 2. The molecule has 0 fully saturated rings. The smallest absolute Gasteiger partial charge is 0.311 e. The fraction of sp³-hybridized carbons (Fsp3) is 0.0769. The van der Waals surface area contributed by atoms with Gasteiger partial charge in [0.15, 0.2) is 0 Å².